The monoisotopic (exact) mass is 320 g/mol. The van der Waals surface area contributed by atoms with Gasteiger partial charge in [0.15, 0.2) is 0 Å². The maximum atomic E-state index is 12.2. The van der Waals surface area contributed by atoms with Gasteiger partial charge in [-0.2, -0.15) is 5.10 Å². The van der Waals surface area contributed by atoms with Crippen LogP contribution in [0.15, 0.2) is 55.1 Å². The average Bonchev–Trinajstić information content (AvgIpc) is 3.23. The third-order valence-corrected chi connectivity index (χ3v) is 4.04. The fraction of sp³-hybridized carbons (Fsp3) is 0.176. The molecule has 0 bridgehead atoms. The predicted molar refractivity (Wildman–Crippen MR) is 88.8 cm³/mol. The van der Waals surface area contributed by atoms with Gasteiger partial charge in [-0.05, 0) is 30.0 Å². The summed E-state index contributed by atoms with van der Waals surface area (Å²) in [4.78, 5) is 20.5. The normalized spacial score (nSPS) is 15.8. The molecule has 3 aromatic rings. The number of rotatable bonds is 3. The summed E-state index contributed by atoms with van der Waals surface area (Å²) < 4.78 is 1.51. The zero-order valence-corrected chi connectivity index (χ0v) is 12.9. The van der Waals surface area contributed by atoms with Crippen molar-refractivity contribution in [2.24, 2.45) is 0 Å². The Balaban J connectivity index is 1.42. The summed E-state index contributed by atoms with van der Waals surface area (Å²) in [6.07, 6.45) is 8.44. The highest BCUT2D eigenvalue weighted by Crippen LogP contribution is 2.30. The largest absolute Gasteiger partial charge is 0.331 e. The highest BCUT2D eigenvalue weighted by Gasteiger charge is 2.23. The first kappa shape index (κ1) is 14.4. The summed E-state index contributed by atoms with van der Waals surface area (Å²) in [6.45, 7) is 0. The third kappa shape index (κ3) is 2.83. The van der Waals surface area contributed by atoms with Crippen molar-refractivity contribution in [1.82, 2.24) is 25.1 Å². The maximum Gasteiger partial charge on any atom is 0.319 e. The standard InChI is InChI=1S/C17H16N6O/c24-17(22-15-7-6-12-4-1-2-5-14(12)15)21-13-10-20-23(11-13)16-18-8-3-9-19-16/h1-5,8-11,15H,6-7H2,(H2,21,22,24). The molecule has 1 aliphatic carbocycles. The van der Waals surface area contributed by atoms with Gasteiger partial charge >= 0.3 is 6.03 Å². The number of hydrogen-bond donors (Lipinski definition) is 2. The van der Waals surface area contributed by atoms with Crippen LogP contribution < -0.4 is 10.6 Å². The van der Waals surface area contributed by atoms with Gasteiger partial charge < -0.3 is 10.6 Å². The number of aryl methyl sites for hydroxylation is 1. The summed E-state index contributed by atoms with van der Waals surface area (Å²) in [5.41, 5.74) is 3.09. The number of nitrogens with zero attached hydrogens (tertiary/aromatic N) is 4. The van der Waals surface area contributed by atoms with E-state index in [1.54, 1.807) is 30.9 Å². The molecular weight excluding hydrogens is 304 g/mol. The molecule has 0 saturated carbocycles. The number of benzene rings is 1. The number of fused-ring (bicyclic) bond motifs is 1. The van der Waals surface area contributed by atoms with Crippen molar-refractivity contribution in [3.8, 4) is 5.95 Å². The molecule has 1 unspecified atom stereocenters. The van der Waals surface area contributed by atoms with E-state index in [9.17, 15) is 4.79 Å². The second kappa shape index (κ2) is 6.11. The molecule has 4 rings (SSSR count). The van der Waals surface area contributed by atoms with Crippen molar-refractivity contribution >= 4 is 11.7 Å². The predicted octanol–water partition coefficient (Wildman–Crippen LogP) is 2.47. The molecule has 7 heteroatoms. The van der Waals surface area contributed by atoms with Gasteiger partial charge in [-0.1, -0.05) is 24.3 Å². The molecule has 2 N–H and O–H groups in total. The lowest BCUT2D eigenvalue weighted by Gasteiger charge is -2.14. The highest BCUT2D eigenvalue weighted by atomic mass is 16.2. The maximum absolute atomic E-state index is 12.2. The molecule has 0 saturated heterocycles. The van der Waals surface area contributed by atoms with Crippen LogP contribution in [0.1, 0.15) is 23.6 Å². The smallest absolute Gasteiger partial charge is 0.319 e. The van der Waals surface area contributed by atoms with Crippen LogP contribution in [0, 0.1) is 0 Å². The minimum Gasteiger partial charge on any atom is -0.331 e. The van der Waals surface area contributed by atoms with E-state index in [0.717, 1.165) is 12.8 Å². The molecule has 0 aliphatic heterocycles. The van der Waals surface area contributed by atoms with Crippen molar-refractivity contribution in [2.45, 2.75) is 18.9 Å². The van der Waals surface area contributed by atoms with Gasteiger partial charge in [0, 0.05) is 12.4 Å². The summed E-state index contributed by atoms with van der Waals surface area (Å²) in [6, 6.07) is 9.75. The Hall–Kier alpha value is -3.22. The van der Waals surface area contributed by atoms with Crippen molar-refractivity contribution in [1.29, 1.82) is 0 Å². The number of amides is 2. The number of anilines is 1. The molecule has 2 amide bonds. The van der Waals surface area contributed by atoms with E-state index in [1.807, 2.05) is 12.1 Å². The molecule has 0 spiro atoms. The number of hydrogen-bond acceptors (Lipinski definition) is 4. The quantitative estimate of drug-likeness (QED) is 0.776. The lowest BCUT2D eigenvalue weighted by Crippen LogP contribution is -2.31. The fourth-order valence-electron chi connectivity index (χ4n) is 2.94. The first-order valence-corrected chi connectivity index (χ1v) is 7.77. The number of carbonyl (C=O) groups is 1. The lowest BCUT2D eigenvalue weighted by atomic mass is 10.1. The van der Waals surface area contributed by atoms with E-state index in [4.69, 9.17) is 0 Å². The topological polar surface area (TPSA) is 84.7 Å². The molecule has 2 aromatic heterocycles. The summed E-state index contributed by atoms with van der Waals surface area (Å²) in [5, 5.41) is 9.97. The molecule has 120 valence electrons. The molecule has 0 radical (unpaired) electrons. The van der Waals surface area contributed by atoms with E-state index in [1.165, 1.54) is 15.8 Å². The zero-order chi connectivity index (χ0) is 16.4. The van der Waals surface area contributed by atoms with Crippen LogP contribution in [0.2, 0.25) is 0 Å². The minimum atomic E-state index is -0.245. The van der Waals surface area contributed by atoms with E-state index < -0.39 is 0 Å². The van der Waals surface area contributed by atoms with Gasteiger partial charge in [0.25, 0.3) is 0 Å². The Morgan fingerprint density at radius 3 is 2.88 bits per heavy atom. The average molecular weight is 320 g/mol. The van der Waals surface area contributed by atoms with E-state index in [-0.39, 0.29) is 12.1 Å². The second-order valence-electron chi connectivity index (χ2n) is 5.61. The summed E-state index contributed by atoms with van der Waals surface area (Å²) >= 11 is 0. The number of aromatic nitrogens is 4. The fourth-order valence-corrected chi connectivity index (χ4v) is 2.94. The highest BCUT2D eigenvalue weighted by molar-refractivity contribution is 5.89. The van der Waals surface area contributed by atoms with Gasteiger partial charge in [-0.3, -0.25) is 0 Å². The molecular formula is C17H16N6O. The van der Waals surface area contributed by atoms with Gasteiger partial charge in [0.2, 0.25) is 5.95 Å². The van der Waals surface area contributed by atoms with Crippen LogP contribution in [0.25, 0.3) is 5.95 Å². The molecule has 2 heterocycles. The first-order valence-electron chi connectivity index (χ1n) is 7.77. The van der Waals surface area contributed by atoms with E-state index in [0.29, 0.717) is 11.6 Å². The molecule has 1 atom stereocenters. The SMILES string of the molecule is O=C(Nc1cnn(-c2ncccn2)c1)NC1CCc2ccccc21. The number of nitrogens with one attached hydrogen (secondary N) is 2. The Bertz CT molecular complexity index is 860. The molecule has 7 nitrogen and oxygen atoms in total. The van der Waals surface area contributed by atoms with Crippen molar-refractivity contribution < 1.29 is 4.79 Å². The summed E-state index contributed by atoms with van der Waals surface area (Å²) in [5.74, 6) is 0.454. The Morgan fingerprint density at radius 2 is 2.00 bits per heavy atom. The van der Waals surface area contributed by atoms with Crippen molar-refractivity contribution in [3.63, 3.8) is 0 Å². The van der Waals surface area contributed by atoms with Gasteiger partial charge in [-0.25, -0.2) is 19.4 Å². The molecule has 1 aliphatic rings. The zero-order valence-electron chi connectivity index (χ0n) is 12.9. The molecule has 24 heavy (non-hydrogen) atoms. The Labute approximate surface area is 138 Å². The van der Waals surface area contributed by atoms with Crippen LogP contribution >= 0.6 is 0 Å². The van der Waals surface area contributed by atoms with Crippen LogP contribution in [0.4, 0.5) is 10.5 Å². The van der Waals surface area contributed by atoms with Crippen LogP contribution in [-0.4, -0.2) is 25.8 Å². The van der Waals surface area contributed by atoms with E-state index in [2.05, 4.69) is 37.8 Å². The van der Waals surface area contributed by atoms with Gasteiger partial charge in [0.05, 0.1) is 24.1 Å². The van der Waals surface area contributed by atoms with Crippen LogP contribution in [0.5, 0.6) is 0 Å². The van der Waals surface area contributed by atoms with Gasteiger partial charge in [-0.15, -0.1) is 0 Å². The van der Waals surface area contributed by atoms with Crippen LogP contribution in [0.3, 0.4) is 0 Å². The first-order chi connectivity index (χ1) is 11.8. The van der Waals surface area contributed by atoms with Crippen molar-refractivity contribution in [3.05, 3.63) is 66.2 Å². The Kier molecular flexibility index (Phi) is 3.66. The third-order valence-electron chi connectivity index (χ3n) is 4.04. The minimum absolute atomic E-state index is 0.0497. The second-order valence-corrected chi connectivity index (χ2v) is 5.61. The van der Waals surface area contributed by atoms with Crippen molar-refractivity contribution in [2.75, 3.05) is 5.32 Å². The van der Waals surface area contributed by atoms with Crippen LogP contribution in [-0.2, 0) is 6.42 Å². The molecule has 1 aromatic carbocycles. The van der Waals surface area contributed by atoms with E-state index >= 15 is 0 Å². The number of urea groups is 1. The number of carbonyl (C=O) groups excluding carboxylic acids is 1. The summed E-state index contributed by atoms with van der Waals surface area (Å²) in [7, 11) is 0. The Morgan fingerprint density at radius 1 is 1.17 bits per heavy atom. The lowest BCUT2D eigenvalue weighted by molar-refractivity contribution is 0.248. The molecule has 0 fully saturated rings. The van der Waals surface area contributed by atoms with Gasteiger partial charge in [0.1, 0.15) is 0 Å².